The van der Waals surface area contributed by atoms with Gasteiger partial charge in [0.25, 0.3) is 0 Å². The fourth-order valence-electron chi connectivity index (χ4n) is 2.68. The molecule has 0 bridgehead atoms. The minimum atomic E-state index is 0.731. The summed E-state index contributed by atoms with van der Waals surface area (Å²) in [6.45, 7) is 3.62. The second-order valence-corrected chi connectivity index (χ2v) is 5.85. The number of nitrogens with zero attached hydrogens (tertiary/aromatic N) is 3. The topological polar surface area (TPSA) is 28.1 Å². The van der Waals surface area contributed by atoms with Crippen molar-refractivity contribution in [3.05, 3.63) is 59.1 Å². The highest BCUT2D eigenvalue weighted by atomic mass is 35.5. The Morgan fingerprint density at radius 1 is 1.04 bits per heavy atom. The van der Waals surface area contributed by atoms with Crippen molar-refractivity contribution in [2.75, 3.05) is 38.2 Å². The molecule has 2 aromatic rings. The van der Waals surface area contributed by atoms with E-state index in [1.807, 2.05) is 48.7 Å². The minimum Gasteiger partial charge on any atom is -0.495 e. The van der Waals surface area contributed by atoms with Crippen LogP contribution in [0.1, 0.15) is 5.56 Å². The summed E-state index contributed by atoms with van der Waals surface area (Å²) in [6.07, 6.45) is 1.87. The molecule has 0 aromatic heterocycles. The Morgan fingerprint density at radius 2 is 1.83 bits per heavy atom. The lowest BCUT2D eigenvalue weighted by Crippen LogP contribution is -2.44. The van der Waals surface area contributed by atoms with Crippen LogP contribution in [0.2, 0.25) is 5.02 Å². The molecule has 120 valence electrons. The van der Waals surface area contributed by atoms with Crippen LogP contribution in [0, 0.1) is 0 Å². The number of piperazine rings is 1. The molecule has 0 aliphatic carbocycles. The predicted octanol–water partition coefficient (Wildman–Crippen LogP) is 3.50. The molecule has 23 heavy (non-hydrogen) atoms. The van der Waals surface area contributed by atoms with Gasteiger partial charge in [0.2, 0.25) is 0 Å². The predicted molar refractivity (Wildman–Crippen MR) is 95.8 cm³/mol. The summed E-state index contributed by atoms with van der Waals surface area (Å²) in [4.78, 5) is 2.34. The van der Waals surface area contributed by atoms with Gasteiger partial charge in [0.15, 0.2) is 0 Å². The molecule has 1 fully saturated rings. The van der Waals surface area contributed by atoms with Crippen molar-refractivity contribution in [2.45, 2.75) is 0 Å². The maximum atomic E-state index is 5.99. The van der Waals surface area contributed by atoms with E-state index in [-0.39, 0.29) is 0 Å². The molecule has 0 unspecified atom stereocenters. The molecule has 1 heterocycles. The number of hydrogen-bond acceptors (Lipinski definition) is 4. The van der Waals surface area contributed by atoms with Crippen molar-refractivity contribution in [1.29, 1.82) is 0 Å². The summed E-state index contributed by atoms with van der Waals surface area (Å²) >= 11 is 5.99. The van der Waals surface area contributed by atoms with E-state index in [0.717, 1.165) is 48.2 Å². The zero-order valence-electron chi connectivity index (χ0n) is 13.2. The van der Waals surface area contributed by atoms with Gasteiger partial charge < -0.3 is 9.64 Å². The van der Waals surface area contributed by atoms with Crippen molar-refractivity contribution in [2.24, 2.45) is 5.10 Å². The standard InChI is InChI=1S/C18H20ClN3O/c1-23-18-8-3-2-7-17(18)21-9-11-22(12-10-21)20-14-15-5-4-6-16(19)13-15/h2-8,13-14H,9-12H2,1H3. The van der Waals surface area contributed by atoms with E-state index in [1.165, 1.54) is 0 Å². The Labute approximate surface area is 141 Å². The number of halogens is 1. The van der Waals surface area contributed by atoms with E-state index in [2.05, 4.69) is 21.1 Å². The largest absolute Gasteiger partial charge is 0.495 e. The molecule has 1 aliphatic heterocycles. The summed E-state index contributed by atoms with van der Waals surface area (Å²) in [5, 5.41) is 7.38. The first-order valence-electron chi connectivity index (χ1n) is 7.69. The van der Waals surface area contributed by atoms with Gasteiger partial charge in [0, 0.05) is 18.1 Å². The zero-order chi connectivity index (χ0) is 16.1. The molecule has 0 amide bonds. The Morgan fingerprint density at radius 3 is 2.57 bits per heavy atom. The normalized spacial score (nSPS) is 15.2. The van der Waals surface area contributed by atoms with Gasteiger partial charge in [-0.1, -0.05) is 35.9 Å². The van der Waals surface area contributed by atoms with Gasteiger partial charge in [-0.05, 0) is 29.8 Å². The molecule has 0 N–H and O–H groups in total. The van der Waals surface area contributed by atoms with Crippen LogP contribution < -0.4 is 9.64 Å². The number of hydrazone groups is 1. The fraction of sp³-hybridized carbons (Fsp3) is 0.278. The summed E-state index contributed by atoms with van der Waals surface area (Å²) in [7, 11) is 1.71. The number of hydrogen-bond donors (Lipinski definition) is 0. The van der Waals surface area contributed by atoms with Gasteiger partial charge in [-0.25, -0.2) is 0 Å². The van der Waals surface area contributed by atoms with Crippen molar-refractivity contribution in [1.82, 2.24) is 5.01 Å². The first-order valence-corrected chi connectivity index (χ1v) is 8.06. The van der Waals surface area contributed by atoms with Crippen LogP contribution in [-0.2, 0) is 0 Å². The van der Waals surface area contributed by atoms with E-state index < -0.39 is 0 Å². The molecule has 2 aromatic carbocycles. The lowest BCUT2D eigenvalue weighted by Gasteiger charge is -2.35. The van der Waals surface area contributed by atoms with Gasteiger partial charge in [0.1, 0.15) is 5.75 Å². The van der Waals surface area contributed by atoms with Crippen molar-refractivity contribution < 1.29 is 4.74 Å². The van der Waals surface area contributed by atoms with Crippen molar-refractivity contribution in [3.63, 3.8) is 0 Å². The fourth-order valence-corrected chi connectivity index (χ4v) is 2.88. The Balaban J connectivity index is 1.60. The summed E-state index contributed by atoms with van der Waals surface area (Å²) in [6, 6.07) is 15.9. The first-order chi connectivity index (χ1) is 11.3. The third-order valence-electron chi connectivity index (χ3n) is 3.90. The van der Waals surface area contributed by atoms with Crippen molar-refractivity contribution in [3.8, 4) is 5.75 Å². The number of para-hydroxylation sites is 2. The molecule has 5 heteroatoms. The van der Waals surface area contributed by atoms with Crippen LogP contribution in [0.3, 0.4) is 0 Å². The average molecular weight is 330 g/mol. The van der Waals surface area contributed by atoms with E-state index in [0.29, 0.717) is 0 Å². The molecule has 1 aliphatic rings. The van der Waals surface area contributed by atoms with Gasteiger partial charge in [-0.2, -0.15) is 5.10 Å². The van der Waals surface area contributed by atoms with Crippen LogP contribution >= 0.6 is 11.6 Å². The maximum absolute atomic E-state index is 5.99. The van der Waals surface area contributed by atoms with Crippen LogP contribution in [0.4, 0.5) is 5.69 Å². The average Bonchev–Trinajstić information content (AvgIpc) is 2.60. The number of ether oxygens (including phenoxy) is 1. The Hall–Kier alpha value is -2.20. The molecule has 1 saturated heterocycles. The van der Waals surface area contributed by atoms with Gasteiger partial charge in [-0.15, -0.1) is 0 Å². The molecule has 0 spiro atoms. The van der Waals surface area contributed by atoms with Crippen LogP contribution in [0.25, 0.3) is 0 Å². The van der Waals surface area contributed by atoms with E-state index in [4.69, 9.17) is 16.3 Å². The third kappa shape index (κ3) is 3.96. The Kier molecular flexibility index (Phi) is 5.03. The van der Waals surface area contributed by atoms with E-state index in [9.17, 15) is 0 Å². The second-order valence-electron chi connectivity index (χ2n) is 5.41. The highest BCUT2D eigenvalue weighted by molar-refractivity contribution is 6.30. The number of methoxy groups -OCH3 is 1. The zero-order valence-corrected chi connectivity index (χ0v) is 13.9. The van der Waals surface area contributed by atoms with Crippen LogP contribution in [0.5, 0.6) is 5.75 Å². The number of anilines is 1. The number of benzene rings is 2. The van der Waals surface area contributed by atoms with Crippen molar-refractivity contribution >= 4 is 23.5 Å². The highest BCUT2D eigenvalue weighted by Crippen LogP contribution is 2.28. The van der Waals surface area contributed by atoms with Crippen LogP contribution in [-0.4, -0.2) is 44.5 Å². The van der Waals surface area contributed by atoms with E-state index in [1.54, 1.807) is 7.11 Å². The molecular weight excluding hydrogens is 310 g/mol. The van der Waals surface area contributed by atoms with E-state index >= 15 is 0 Å². The summed E-state index contributed by atoms with van der Waals surface area (Å²) in [5.41, 5.74) is 2.16. The highest BCUT2D eigenvalue weighted by Gasteiger charge is 2.18. The first kappa shape index (κ1) is 15.7. The lowest BCUT2D eigenvalue weighted by molar-refractivity contribution is 0.271. The van der Waals surface area contributed by atoms with Gasteiger partial charge in [0.05, 0.1) is 32.1 Å². The third-order valence-corrected chi connectivity index (χ3v) is 4.14. The van der Waals surface area contributed by atoms with Gasteiger partial charge >= 0.3 is 0 Å². The molecule has 4 nitrogen and oxygen atoms in total. The maximum Gasteiger partial charge on any atom is 0.142 e. The molecule has 0 saturated carbocycles. The smallest absolute Gasteiger partial charge is 0.142 e. The monoisotopic (exact) mass is 329 g/mol. The van der Waals surface area contributed by atoms with Crippen LogP contribution in [0.15, 0.2) is 53.6 Å². The second kappa shape index (κ2) is 7.38. The summed E-state index contributed by atoms with van der Waals surface area (Å²) in [5.74, 6) is 0.920. The minimum absolute atomic E-state index is 0.731. The molecular formula is C18H20ClN3O. The SMILES string of the molecule is COc1ccccc1N1CCN(N=Cc2cccc(Cl)c2)CC1. The lowest BCUT2D eigenvalue weighted by atomic mass is 10.2. The quantitative estimate of drug-likeness (QED) is 0.804. The Bertz CT molecular complexity index is 681. The molecule has 3 rings (SSSR count). The molecule has 0 radical (unpaired) electrons. The molecule has 0 atom stereocenters. The van der Waals surface area contributed by atoms with Gasteiger partial charge in [-0.3, -0.25) is 5.01 Å². The summed E-state index contributed by atoms with van der Waals surface area (Å²) < 4.78 is 5.44. The number of rotatable bonds is 4.